The van der Waals surface area contributed by atoms with Gasteiger partial charge in [-0.25, -0.2) is 0 Å². The van der Waals surface area contributed by atoms with Crippen LogP contribution in [0.4, 0.5) is 6.01 Å². The molecule has 0 aliphatic heterocycles. The standard InChI is InChI=1S/C21H17N3O2S/c1-27-18-12-5-4-11-17(18)20-23-24-21(26-20)22-19(25)13-15-9-6-8-14-7-2-3-10-16(14)15/h2-12H,13H2,1H3,(H,22,24,25). The Balaban J connectivity index is 1.51. The van der Waals surface area contributed by atoms with Crippen molar-refractivity contribution in [1.82, 2.24) is 10.2 Å². The van der Waals surface area contributed by atoms with Crippen LogP contribution in [-0.2, 0) is 11.2 Å². The van der Waals surface area contributed by atoms with Crippen molar-refractivity contribution in [3.63, 3.8) is 0 Å². The van der Waals surface area contributed by atoms with Crippen LogP contribution in [0.3, 0.4) is 0 Å². The summed E-state index contributed by atoms with van der Waals surface area (Å²) in [4.78, 5) is 13.5. The second-order valence-electron chi connectivity index (χ2n) is 5.98. The molecule has 1 aromatic heterocycles. The van der Waals surface area contributed by atoms with Crippen LogP contribution in [-0.4, -0.2) is 22.4 Å². The molecule has 0 bridgehead atoms. The van der Waals surface area contributed by atoms with Crippen molar-refractivity contribution in [3.8, 4) is 11.5 Å². The van der Waals surface area contributed by atoms with Gasteiger partial charge < -0.3 is 4.42 Å². The molecule has 3 aromatic carbocycles. The first-order valence-electron chi connectivity index (χ1n) is 8.48. The highest BCUT2D eigenvalue weighted by molar-refractivity contribution is 7.98. The van der Waals surface area contributed by atoms with Gasteiger partial charge >= 0.3 is 6.01 Å². The zero-order valence-corrected chi connectivity index (χ0v) is 15.5. The zero-order valence-electron chi connectivity index (χ0n) is 14.7. The quantitative estimate of drug-likeness (QED) is 0.508. The molecule has 5 nitrogen and oxygen atoms in total. The minimum absolute atomic E-state index is 0.103. The summed E-state index contributed by atoms with van der Waals surface area (Å²) in [5, 5.41) is 12.9. The van der Waals surface area contributed by atoms with Crippen LogP contribution < -0.4 is 5.32 Å². The molecule has 0 fully saturated rings. The average molecular weight is 375 g/mol. The molecule has 134 valence electrons. The Labute approximate surface area is 160 Å². The number of amides is 1. The number of carbonyl (C=O) groups is 1. The van der Waals surface area contributed by atoms with E-state index in [4.69, 9.17) is 4.42 Å². The smallest absolute Gasteiger partial charge is 0.322 e. The molecular weight excluding hydrogens is 358 g/mol. The van der Waals surface area contributed by atoms with Gasteiger partial charge in [-0.2, -0.15) is 0 Å². The number of nitrogens with one attached hydrogen (secondary N) is 1. The lowest BCUT2D eigenvalue weighted by Crippen LogP contribution is -2.14. The Morgan fingerprint density at radius 3 is 2.67 bits per heavy atom. The minimum atomic E-state index is -0.195. The lowest BCUT2D eigenvalue weighted by atomic mass is 10.0. The van der Waals surface area contributed by atoms with Crippen LogP contribution in [0.2, 0.25) is 0 Å². The van der Waals surface area contributed by atoms with E-state index in [2.05, 4.69) is 15.5 Å². The lowest BCUT2D eigenvalue weighted by Gasteiger charge is -2.06. The predicted octanol–water partition coefficient (Wildman–Crippen LogP) is 4.79. The van der Waals surface area contributed by atoms with Gasteiger partial charge in [-0.05, 0) is 34.7 Å². The van der Waals surface area contributed by atoms with E-state index in [0.717, 1.165) is 26.8 Å². The molecule has 0 aliphatic rings. The van der Waals surface area contributed by atoms with Crippen LogP contribution in [0.1, 0.15) is 5.56 Å². The average Bonchev–Trinajstić information content (AvgIpc) is 3.16. The van der Waals surface area contributed by atoms with Gasteiger partial charge in [-0.3, -0.25) is 10.1 Å². The number of hydrogen-bond donors (Lipinski definition) is 1. The fraction of sp³-hybridized carbons (Fsp3) is 0.0952. The third-order valence-corrected chi connectivity index (χ3v) is 5.04. The first-order valence-corrected chi connectivity index (χ1v) is 9.70. The third kappa shape index (κ3) is 3.71. The van der Waals surface area contributed by atoms with Crippen molar-refractivity contribution in [2.75, 3.05) is 11.6 Å². The Kier molecular flexibility index (Phi) is 4.89. The van der Waals surface area contributed by atoms with Crippen LogP contribution in [0.15, 0.2) is 76.0 Å². The van der Waals surface area contributed by atoms with Gasteiger partial charge in [0.05, 0.1) is 12.0 Å². The van der Waals surface area contributed by atoms with Crippen molar-refractivity contribution >= 4 is 34.5 Å². The Hall–Kier alpha value is -3.12. The number of carbonyl (C=O) groups excluding carboxylic acids is 1. The Morgan fingerprint density at radius 1 is 1.00 bits per heavy atom. The summed E-state index contributed by atoms with van der Waals surface area (Å²) in [6, 6.07) is 21.8. The van der Waals surface area contributed by atoms with E-state index >= 15 is 0 Å². The molecular formula is C21H17N3O2S. The third-order valence-electron chi connectivity index (χ3n) is 4.24. The molecule has 0 saturated heterocycles. The molecule has 0 aliphatic carbocycles. The number of anilines is 1. The molecule has 27 heavy (non-hydrogen) atoms. The number of thioether (sulfide) groups is 1. The molecule has 1 N–H and O–H groups in total. The molecule has 1 heterocycles. The summed E-state index contributed by atoms with van der Waals surface area (Å²) in [5.74, 6) is 0.195. The summed E-state index contributed by atoms with van der Waals surface area (Å²) in [6.07, 6.45) is 2.22. The van der Waals surface area contributed by atoms with Gasteiger partial charge in [0.2, 0.25) is 5.91 Å². The number of hydrogen-bond acceptors (Lipinski definition) is 5. The van der Waals surface area contributed by atoms with Crippen LogP contribution in [0.25, 0.3) is 22.2 Å². The highest BCUT2D eigenvalue weighted by Crippen LogP contribution is 2.29. The zero-order chi connectivity index (χ0) is 18.6. The number of fused-ring (bicyclic) bond motifs is 1. The van der Waals surface area contributed by atoms with Gasteiger partial charge in [-0.15, -0.1) is 16.9 Å². The molecule has 4 aromatic rings. The summed E-state index contributed by atoms with van der Waals surface area (Å²) >= 11 is 1.60. The maximum Gasteiger partial charge on any atom is 0.322 e. The van der Waals surface area contributed by atoms with Gasteiger partial charge in [0, 0.05) is 4.90 Å². The van der Waals surface area contributed by atoms with E-state index in [0.29, 0.717) is 5.89 Å². The van der Waals surface area contributed by atoms with Crippen molar-refractivity contribution < 1.29 is 9.21 Å². The molecule has 0 spiro atoms. The fourth-order valence-corrected chi connectivity index (χ4v) is 3.58. The van der Waals surface area contributed by atoms with Gasteiger partial charge in [-0.1, -0.05) is 59.7 Å². The fourth-order valence-electron chi connectivity index (χ4n) is 2.99. The summed E-state index contributed by atoms with van der Waals surface area (Å²) in [7, 11) is 0. The van der Waals surface area contributed by atoms with Crippen molar-refractivity contribution in [2.24, 2.45) is 0 Å². The molecule has 0 radical (unpaired) electrons. The van der Waals surface area contributed by atoms with Crippen molar-refractivity contribution in [2.45, 2.75) is 11.3 Å². The van der Waals surface area contributed by atoms with Crippen molar-refractivity contribution in [3.05, 3.63) is 72.3 Å². The number of nitrogens with zero attached hydrogens (tertiary/aromatic N) is 2. The molecule has 0 saturated carbocycles. The number of aromatic nitrogens is 2. The maximum atomic E-state index is 12.5. The lowest BCUT2D eigenvalue weighted by molar-refractivity contribution is -0.115. The summed E-state index contributed by atoms with van der Waals surface area (Å²) < 4.78 is 5.64. The molecule has 4 rings (SSSR count). The highest BCUT2D eigenvalue weighted by Gasteiger charge is 2.14. The number of benzene rings is 3. The first kappa shape index (κ1) is 17.3. The number of rotatable bonds is 5. The predicted molar refractivity (Wildman–Crippen MR) is 108 cm³/mol. The summed E-state index contributed by atoms with van der Waals surface area (Å²) in [5.41, 5.74) is 1.81. The summed E-state index contributed by atoms with van der Waals surface area (Å²) in [6.45, 7) is 0. The SMILES string of the molecule is CSc1ccccc1-c1nnc(NC(=O)Cc2cccc3ccccc23)o1. The second-order valence-corrected chi connectivity index (χ2v) is 6.82. The van der Waals surface area contributed by atoms with E-state index in [9.17, 15) is 4.79 Å². The molecule has 6 heteroatoms. The minimum Gasteiger partial charge on any atom is -0.403 e. The van der Waals surface area contributed by atoms with E-state index in [1.807, 2.05) is 73.0 Å². The topological polar surface area (TPSA) is 68.0 Å². The van der Waals surface area contributed by atoms with Crippen LogP contribution in [0, 0.1) is 0 Å². The monoisotopic (exact) mass is 375 g/mol. The normalized spacial score (nSPS) is 10.9. The van der Waals surface area contributed by atoms with Crippen molar-refractivity contribution in [1.29, 1.82) is 0 Å². The largest absolute Gasteiger partial charge is 0.403 e. The Morgan fingerprint density at radius 2 is 1.78 bits per heavy atom. The second kappa shape index (κ2) is 7.63. The first-order chi connectivity index (χ1) is 13.2. The molecule has 1 amide bonds. The van der Waals surface area contributed by atoms with Gasteiger partial charge in [0.25, 0.3) is 5.89 Å². The van der Waals surface area contributed by atoms with Gasteiger partial charge in [0.1, 0.15) is 0 Å². The van der Waals surface area contributed by atoms with Gasteiger partial charge in [0.15, 0.2) is 0 Å². The van der Waals surface area contributed by atoms with E-state index in [1.165, 1.54) is 0 Å². The Bertz CT molecular complexity index is 1100. The van der Waals surface area contributed by atoms with Crippen LogP contribution >= 0.6 is 11.8 Å². The van der Waals surface area contributed by atoms with E-state index < -0.39 is 0 Å². The van der Waals surface area contributed by atoms with E-state index in [1.54, 1.807) is 11.8 Å². The molecule has 0 atom stereocenters. The maximum absolute atomic E-state index is 12.5. The highest BCUT2D eigenvalue weighted by atomic mass is 32.2. The van der Waals surface area contributed by atoms with E-state index in [-0.39, 0.29) is 18.3 Å². The van der Waals surface area contributed by atoms with Crippen LogP contribution in [0.5, 0.6) is 0 Å². The molecule has 0 unspecified atom stereocenters.